The number of hydrogen-bond acceptors (Lipinski definition) is 10. The van der Waals surface area contributed by atoms with Crippen LogP contribution in [-0.4, -0.2) is 56.5 Å². The summed E-state index contributed by atoms with van der Waals surface area (Å²) in [7, 11) is 0. The van der Waals surface area contributed by atoms with Crippen LogP contribution in [0.2, 0.25) is 5.02 Å². The average Bonchev–Trinajstić information content (AvgIpc) is 2.76. The van der Waals surface area contributed by atoms with Crippen molar-refractivity contribution in [1.29, 1.82) is 0 Å². The maximum Gasteiger partial charge on any atom is 0.232 e. The number of benzene rings is 1. The van der Waals surface area contributed by atoms with E-state index in [-0.39, 0.29) is 19.8 Å². The van der Waals surface area contributed by atoms with Crippen molar-refractivity contribution < 1.29 is 14.9 Å². The molecule has 2 aromatic heterocycles. The van der Waals surface area contributed by atoms with Gasteiger partial charge in [0.05, 0.1) is 30.1 Å². The molecule has 1 aromatic carbocycles. The van der Waals surface area contributed by atoms with Gasteiger partial charge in [0.2, 0.25) is 17.8 Å². The average molecular weight is 497 g/mol. The number of aromatic nitrogens is 4. The SMILES string of the molecule is OCCNc1nc(Nc2ccc(Nc3ncc(Br)c(OCCO)n3)cc2)ncc1Cl. The van der Waals surface area contributed by atoms with Gasteiger partial charge in [-0.05, 0) is 40.2 Å². The Hall–Kier alpha value is -2.73. The molecule has 10 nitrogen and oxygen atoms in total. The third-order valence-corrected chi connectivity index (χ3v) is 4.41. The van der Waals surface area contributed by atoms with E-state index < -0.39 is 0 Å². The third kappa shape index (κ3) is 6.13. The first-order valence-corrected chi connectivity index (χ1v) is 10.0. The fourth-order valence-electron chi connectivity index (χ4n) is 2.28. The number of rotatable bonds is 10. The Kier molecular flexibility index (Phi) is 7.97. The van der Waals surface area contributed by atoms with Gasteiger partial charge in [0.25, 0.3) is 0 Å². The summed E-state index contributed by atoms with van der Waals surface area (Å²) in [4.78, 5) is 16.9. The number of halogens is 2. The van der Waals surface area contributed by atoms with Gasteiger partial charge < -0.3 is 30.9 Å². The second-order valence-corrected chi connectivity index (χ2v) is 7.05. The van der Waals surface area contributed by atoms with Gasteiger partial charge in [0, 0.05) is 17.9 Å². The molecule has 0 unspecified atom stereocenters. The maximum absolute atomic E-state index is 8.92. The summed E-state index contributed by atoms with van der Waals surface area (Å²) < 4.78 is 5.95. The molecule has 3 rings (SSSR count). The number of aliphatic hydroxyl groups is 2. The zero-order chi connectivity index (χ0) is 21.3. The molecule has 30 heavy (non-hydrogen) atoms. The predicted molar refractivity (Wildman–Crippen MR) is 118 cm³/mol. The van der Waals surface area contributed by atoms with Crippen molar-refractivity contribution in [1.82, 2.24) is 19.9 Å². The van der Waals surface area contributed by atoms with Gasteiger partial charge in [-0.15, -0.1) is 0 Å². The molecule has 5 N–H and O–H groups in total. The van der Waals surface area contributed by atoms with Crippen molar-refractivity contribution in [3.8, 4) is 5.88 Å². The van der Waals surface area contributed by atoms with Crippen molar-refractivity contribution in [3.05, 3.63) is 46.2 Å². The van der Waals surface area contributed by atoms with Crippen LogP contribution in [0.1, 0.15) is 0 Å². The maximum atomic E-state index is 8.92. The number of aliphatic hydroxyl groups excluding tert-OH is 2. The fraction of sp³-hybridized carbons (Fsp3) is 0.222. The van der Waals surface area contributed by atoms with Gasteiger partial charge in [0.15, 0.2) is 5.82 Å². The minimum atomic E-state index is -0.107. The van der Waals surface area contributed by atoms with E-state index in [2.05, 4.69) is 51.8 Å². The summed E-state index contributed by atoms with van der Waals surface area (Å²) >= 11 is 9.35. The Morgan fingerprint density at radius 1 is 0.933 bits per heavy atom. The molecule has 3 aromatic rings. The lowest BCUT2D eigenvalue weighted by atomic mass is 10.3. The Morgan fingerprint density at radius 3 is 2.20 bits per heavy atom. The van der Waals surface area contributed by atoms with Gasteiger partial charge >= 0.3 is 0 Å². The quantitative estimate of drug-likeness (QED) is 0.285. The van der Waals surface area contributed by atoms with Crippen molar-refractivity contribution in [2.45, 2.75) is 0 Å². The summed E-state index contributed by atoms with van der Waals surface area (Å²) in [5, 5.41) is 27.3. The number of nitrogens with zero attached hydrogens (tertiary/aromatic N) is 4. The van der Waals surface area contributed by atoms with E-state index in [1.807, 2.05) is 24.3 Å². The van der Waals surface area contributed by atoms with Crippen molar-refractivity contribution in [3.63, 3.8) is 0 Å². The van der Waals surface area contributed by atoms with E-state index in [0.717, 1.165) is 11.4 Å². The largest absolute Gasteiger partial charge is 0.474 e. The van der Waals surface area contributed by atoms with Crippen molar-refractivity contribution in [2.75, 3.05) is 42.3 Å². The predicted octanol–water partition coefficient (Wildman–Crippen LogP) is 2.95. The number of hydrogen-bond donors (Lipinski definition) is 5. The standard InChI is InChI=1S/C18H19BrClN7O3/c19-13-9-22-18(27-16(13)30-8-7-29)25-12-3-1-11(2-4-12)24-17-23-10-14(20)15(26-17)21-5-6-28/h1-4,9-10,28-29H,5-8H2,(H,22,25,27)(H2,21,23,24,26). The topological polar surface area (TPSA) is 137 Å². The normalized spacial score (nSPS) is 10.5. The van der Waals surface area contributed by atoms with Crippen LogP contribution >= 0.6 is 27.5 Å². The number of nitrogens with one attached hydrogen (secondary N) is 3. The van der Waals surface area contributed by atoms with E-state index in [0.29, 0.717) is 39.6 Å². The molecular formula is C18H19BrClN7O3. The third-order valence-electron chi connectivity index (χ3n) is 3.59. The Morgan fingerprint density at radius 2 is 1.57 bits per heavy atom. The first kappa shape index (κ1) is 22.0. The fourth-order valence-corrected chi connectivity index (χ4v) is 2.74. The van der Waals surface area contributed by atoms with E-state index in [9.17, 15) is 0 Å². The second kappa shape index (κ2) is 10.9. The lowest BCUT2D eigenvalue weighted by Gasteiger charge is -2.11. The second-order valence-electron chi connectivity index (χ2n) is 5.79. The van der Waals surface area contributed by atoms with Crippen LogP contribution in [0.3, 0.4) is 0 Å². The summed E-state index contributed by atoms with van der Waals surface area (Å²) in [6.45, 7) is 0.333. The van der Waals surface area contributed by atoms with Crippen molar-refractivity contribution in [2.24, 2.45) is 0 Å². The smallest absolute Gasteiger partial charge is 0.232 e. The Bertz CT molecular complexity index is 900. The van der Waals surface area contributed by atoms with E-state index >= 15 is 0 Å². The molecular weight excluding hydrogens is 478 g/mol. The molecule has 158 valence electrons. The molecule has 0 radical (unpaired) electrons. The highest BCUT2D eigenvalue weighted by Crippen LogP contribution is 2.25. The zero-order valence-corrected chi connectivity index (χ0v) is 18.0. The minimum absolute atomic E-state index is 0.0330. The van der Waals surface area contributed by atoms with Crippen LogP contribution in [0.4, 0.5) is 29.1 Å². The highest BCUT2D eigenvalue weighted by molar-refractivity contribution is 9.10. The monoisotopic (exact) mass is 495 g/mol. The van der Waals surface area contributed by atoms with Crippen LogP contribution < -0.4 is 20.7 Å². The van der Waals surface area contributed by atoms with Crippen LogP contribution in [0, 0.1) is 0 Å². The lowest BCUT2D eigenvalue weighted by molar-refractivity contribution is 0.196. The zero-order valence-electron chi connectivity index (χ0n) is 15.6. The van der Waals surface area contributed by atoms with Gasteiger partial charge in [0.1, 0.15) is 11.6 Å². The highest BCUT2D eigenvalue weighted by Gasteiger charge is 2.08. The summed E-state index contributed by atoms with van der Waals surface area (Å²) in [5.74, 6) is 1.49. The van der Waals surface area contributed by atoms with Gasteiger partial charge in [-0.2, -0.15) is 9.97 Å². The molecule has 12 heteroatoms. The lowest BCUT2D eigenvalue weighted by Crippen LogP contribution is -2.09. The highest BCUT2D eigenvalue weighted by atomic mass is 79.9. The molecule has 0 fully saturated rings. The van der Waals surface area contributed by atoms with Crippen LogP contribution in [0.25, 0.3) is 0 Å². The van der Waals surface area contributed by atoms with Crippen molar-refractivity contribution >= 4 is 56.6 Å². The molecule has 0 saturated carbocycles. The molecule has 0 amide bonds. The molecule has 0 saturated heterocycles. The van der Waals surface area contributed by atoms with Crippen LogP contribution in [0.5, 0.6) is 5.88 Å². The van der Waals surface area contributed by atoms with Gasteiger partial charge in [-0.3, -0.25) is 0 Å². The molecule has 0 spiro atoms. The molecule has 0 aliphatic rings. The van der Waals surface area contributed by atoms with Gasteiger partial charge in [-0.1, -0.05) is 11.6 Å². The Labute approximate surface area is 185 Å². The van der Waals surface area contributed by atoms with Gasteiger partial charge in [-0.25, -0.2) is 9.97 Å². The number of anilines is 5. The first-order valence-electron chi connectivity index (χ1n) is 8.86. The van der Waals surface area contributed by atoms with Crippen LogP contribution in [-0.2, 0) is 0 Å². The van der Waals surface area contributed by atoms with E-state index in [1.165, 1.54) is 6.20 Å². The molecule has 2 heterocycles. The summed E-state index contributed by atoms with van der Waals surface area (Å²) in [5.41, 5.74) is 1.53. The molecule has 0 atom stereocenters. The number of ether oxygens (including phenoxy) is 1. The molecule has 0 aliphatic carbocycles. The van der Waals surface area contributed by atoms with Crippen LogP contribution in [0.15, 0.2) is 41.1 Å². The summed E-state index contributed by atoms with van der Waals surface area (Å²) in [6.07, 6.45) is 3.05. The summed E-state index contributed by atoms with van der Waals surface area (Å²) in [6, 6.07) is 7.35. The minimum Gasteiger partial charge on any atom is -0.474 e. The van der Waals surface area contributed by atoms with E-state index in [4.69, 9.17) is 26.6 Å². The Balaban J connectivity index is 1.66. The first-order chi connectivity index (χ1) is 14.6. The molecule has 0 aliphatic heterocycles. The molecule has 0 bridgehead atoms. The van der Waals surface area contributed by atoms with E-state index in [1.54, 1.807) is 6.20 Å².